The third kappa shape index (κ3) is 4.32. The SMILES string of the molecule is CCC(C(=O)Nc1c(C)cc(F)cc1C)[PH]1(C)CCCCCC1. The van der Waals surface area contributed by atoms with E-state index in [2.05, 4.69) is 18.9 Å². The Hall–Kier alpha value is -0.950. The molecule has 1 unspecified atom stereocenters. The summed E-state index contributed by atoms with van der Waals surface area (Å²) in [5, 5.41) is 3.13. The van der Waals surface area contributed by atoms with Gasteiger partial charge in [0, 0.05) is 0 Å². The molecule has 1 atom stereocenters. The van der Waals surface area contributed by atoms with E-state index in [9.17, 15) is 9.18 Å². The summed E-state index contributed by atoms with van der Waals surface area (Å²) in [5.74, 6) is -0.0866. The van der Waals surface area contributed by atoms with Gasteiger partial charge in [-0.05, 0) is 0 Å². The van der Waals surface area contributed by atoms with E-state index in [1.54, 1.807) is 0 Å². The van der Waals surface area contributed by atoms with Crippen LogP contribution in [0.4, 0.5) is 10.1 Å². The van der Waals surface area contributed by atoms with Gasteiger partial charge in [-0.15, -0.1) is 0 Å². The van der Waals surface area contributed by atoms with Gasteiger partial charge in [0.2, 0.25) is 0 Å². The zero-order valence-electron chi connectivity index (χ0n) is 15.0. The molecule has 0 aliphatic carbocycles. The quantitative estimate of drug-likeness (QED) is 0.759. The Balaban J connectivity index is 2.20. The molecule has 1 aromatic carbocycles. The second kappa shape index (κ2) is 7.75. The Morgan fingerprint density at radius 3 is 2.17 bits per heavy atom. The standard InChI is InChI=1S/C19H31FNOP/c1-5-17(23(4)10-8-6-7-9-11-23)19(22)21-18-14(2)12-16(20)13-15(18)3/h12-13,17,23H,5-11H2,1-4H3,(H,21,22). The van der Waals surface area contributed by atoms with Crippen molar-refractivity contribution in [2.75, 3.05) is 24.3 Å². The van der Waals surface area contributed by atoms with E-state index < -0.39 is 7.26 Å². The average molecular weight is 339 g/mol. The molecule has 1 fully saturated rings. The predicted molar refractivity (Wildman–Crippen MR) is 101 cm³/mol. The van der Waals surface area contributed by atoms with Crippen LogP contribution >= 0.6 is 7.26 Å². The van der Waals surface area contributed by atoms with E-state index in [4.69, 9.17) is 0 Å². The summed E-state index contributed by atoms with van der Waals surface area (Å²) >= 11 is 0. The van der Waals surface area contributed by atoms with Crippen molar-refractivity contribution in [2.24, 2.45) is 0 Å². The molecule has 0 aromatic heterocycles. The molecule has 1 saturated heterocycles. The minimum atomic E-state index is -1.57. The van der Waals surface area contributed by atoms with Crippen LogP contribution in [0.25, 0.3) is 0 Å². The van der Waals surface area contributed by atoms with Gasteiger partial charge in [-0.25, -0.2) is 0 Å². The summed E-state index contributed by atoms with van der Waals surface area (Å²) in [5.41, 5.74) is 2.56. The average Bonchev–Trinajstić information content (AvgIpc) is 2.69. The number of hydrogen-bond donors (Lipinski definition) is 1. The number of aryl methyl sites for hydroxylation is 2. The van der Waals surface area contributed by atoms with Crippen LogP contribution in [0.1, 0.15) is 50.2 Å². The van der Waals surface area contributed by atoms with Gasteiger partial charge in [0.15, 0.2) is 0 Å². The van der Waals surface area contributed by atoms with Gasteiger partial charge in [-0.1, -0.05) is 0 Å². The number of benzene rings is 1. The fourth-order valence-corrected chi connectivity index (χ4v) is 8.95. The molecule has 0 radical (unpaired) electrons. The van der Waals surface area contributed by atoms with Crippen molar-refractivity contribution >= 4 is 18.9 Å². The molecule has 0 bridgehead atoms. The summed E-state index contributed by atoms with van der Waals surface area (Å²) in [6, 6.07) is 2.99. The molecule has 0 saturated carbocycles. The molecule has 2 rings (SSSR count). The molecule has 0 spiro atoms. The molecule has 23 heavy (non-hydrogen) atoms. The first-order valence-corrected chi connectivity index (χ1v) is 11.9. The predicted octanol–water partition coefficient (Wildman–Crippen LogP) is 5.11. The number of anilines is 1. The molecule has 1 aliphatic heterocycles. The first-order chi connectivity index (χ1) is 10.9. The third-order valence-corrected chi connectivity index (χ3v) is 10.9. The normalized spacial score (nSPS) is 20.4. The topological polar surface area (TPSA) is 29.1 Å². The number of carbonyl (C=O) groups excluding carboxylic acids is 1. The monoisotopic (exact) mass is 339 g/mol. The van der Waals surface area contributed by atoms with Crippen LogP contribution < -0.4 is 5.32 Å². The van der Waals surface area contributed by atoms with Crippen LogP contribution in [0.15, 0.2) is 12.1 Å². The van der Waals surface area contributed by atoms with Crippen molar-refractivity contribution in [3.05, 3.63) is 29.1 Å². The minimum absolute atomic E-state index is 0.154. The molecule has 130 valence electrons. The Bertz CT molecular complexity index is 541. The molecular formula is C19H31FNOP. The Morgan fingerprint density at radius 1 is 1.17 bits per heavy atom. The Labute approximate surface area is 140 Å². The van der Waals surface area contributed by atoms with Crippen LogP contribution in [0.3, 0.4) is 0 Å². The summed E-state index contributed by atoms with van der Waals surface area (Å²) in [7, 11) is -1.57. The van der Waals surface area contributed by atoms with Crippen molar-refractivity contribution in [3.63, 3.8) is 0 Å². The summed E-state index contributed by atoms with van der Waals surface area (Å²) in [6.07, 6.45) is 8.63. The van der Waals surface area contributed by atoms with Crippen LogP contribution in [0, 0.1) is 19.7 Å². The molecular weight excluding hydrogens is 308 g/mol. The number of amides is 1. The first-order valence-electron chi connectivity index (χ1n) is 8.95. The number of halogens is 1. The van der Waals surface area contributed by atoms with Gasteiger partial charge in [-0.2, -0.15) is 0 Å². The number of hydrogen-bond acceptors (Lipinski definition) is 1. The molecule has 2 nitrogen and oxygen atoms in total. The maximum absolute atomic E-state index is 13.5. The van der Waals surface area contributed by atoms with Crippen LogP contribution in [0.5, 0.6) is 0 Å². The van der Waals surface area contributed by atoms with Crippen LogP contribution in [-0.4, -0.2) is 30.6 Å². The Morgan fingerprint density at radius 2 is 1.70 bits per heavy atom. The fraction of sp³-hybridized carbons (Fsp3) is 0.632. The summed E-state index contributed by atoms with van der Waals surface area (Å²) < 4.78 is 13.5. The summed E-state index contributed by atoms with van der Waals surface area (Å²) in [6.45, 7) is 8.27. The third-order valence-electron chi connectivity index (χ3n) is 5.56. The van der Waals surface area contributed by atoms with Gasteiger partial charge in [0.05, 0.1) is 0 Å². The van der Waals surface area contributed by atoms with Gasteiger partial charge in [-0.3, -0.25) is 0 Å². The fourth-order valence-electron chi connectivity index (χ4n) is 4.20. The number of nitrogens with one attached hydrogen (secondary N) is 1. The second-order valence-corrected chi connectivity index (χ2v) is 12.4. The second-order valence-electron chi connectivity index (χ2n) is 7.43. The van der Waals surface area contributed by atoms with Gasteiger partial charge < -0.3 is 0 Å². The molecule has 1 heterocycles. The van der Waals surface area contributed by atoms with Crippen LogP contribution in [-0.2, 0) is 4.79 Å². The molecule has 1 aromatic rings. The van der Waals surface area contributed by atoms with Crippen molar-refractivity contribution in [3.8, 4) is 0 Å². The molecule has 1 amide bonds. The molecule has 1 N–H and O–H groups in total. The van der Waals surface area contributed by atoms with Gasteiger partial charge in [0.1, 0.15) is 0 Å². The van der Waals surface area contributed by atoms with E-state index in [1.165, 1.54) is 50.1 Å². The van der Waals surface area contributed by atoms with Crippen molar-refractivity contribution in [2.45, 2.75) is 58.5 Å². The molecule has 1 aliphatic rings. The Kier molecular flexibility index (Phi) is 6.19. The van der Waals surface area contributed by atoms with E-state index >= 15 is 0 Å². The number of carbonyl (C=O) groups is 1. The molecule has 4 heteroatoms. The zero-order chi connectivity index (χ0) is 17.0. The van der Waals surface area contributed by atoms with Crippen molar-refractivity contribution in [1.29, 1.82) is 0 Å². The van der Waals surface area contributed by atoms with Gasteiger partial charge in [0.25, 0.3) is 0 Å². The van der Waals surface area contributed by atoms with E-state index in [1.807, 2.05) is 13.8 Å². The van der Waals surface area contributed by atoms with E-state index in [0.29, 0.717) is 0 Å². The maximum atomic E-state index is 13.5. The summed E-state index contributed by atoms with van der Waals surface area (Å²) in [4.78, 5) is 13.0. The van der Waals surface area contributed by atoms with E-state index in [0.717, 1.165) is 23.2 Å². The zero-order valence-corrected chi connectivity index (χ0v) is 16.0. The van der Waals surface area contributed by atoms with Gasteiger partial charge >= 0.3 is 140 Å². The van der Waals surface area contributed by atoms with Crippen molar-refractivity contribution in [1.82, 2.24) is 0 Å². The van der Waals surface area contributed by atoms with E-state index in [-0.39, 0.29) is 17.4 Å². The first kappa shape index (κ1) is 18.4. The van der Waals surface area contributed by atoms with Crippen LogP contribution in [0.2, 0.25) is 0 Å². The number of rotatable bonds is 4. The van der Waals surface area contributed by atoms with Crippen molar-refractivity contribution < 1.29 is 9.18 Å².